The summed E-state index contributed by atoms with van der Waals surface area (Å²) in [5.41, 5.74) is 0. The minimum Gasteiger partial charge on any atom is -0.460 e. The molecule has 6 heteroatoms. The molecule has 4 nitrogen and oxygen atoms in total. The molecule has 0 unspecified atom stereocenters. The summed E-state index contributed by atoms with van der Waals surface area (Å²) < 4.78 is 11.1. The second-order valence-corrected chi connectivity index (χ2v) is 6.05. The Morgan fingerprint density at radius 3 is 2.85 bits per heavy atom. The zero-order valence-corrected chi connectivity index (χ0v) is 12.2. The predicted molar refractivity (Wildman–Crippen MR) is 76.2 cm³/mol. The van der Waals surface area contributed by atoms with Gasteiger partial charge in [0.1, 0.15) is 11.0 Å². The molecule has 0 aliphatic carbocycles. The van der Waals surface area contributed by atoms with Gasteiger partial charge in [-0.3, -0.25) is 0 Å². The Morgan fingerprint density at radius 1 is 1.45 bits per heavy atom. The van der Waals surface area contributed by atoms with Crippen molar-refractivity contribution in [3.05, 3.63) is 34.2 Å². The van der Waals surface area contributed by atoms with Crippen molar-refractivity contribution >= 4 is 45.0 Å². The van der Waals surface area contributed by atoms with Crippen molar-refractivity contribution in [2.45, 2.75) is 25.6 Å². The van der Waals surface area contributed by atoms with Gasteiger partial charge >= 0.3 is 11.9 Å². The fourth-order valence-electron chi connectivity index (χ4n) is 2.14. The molecule has 1 fully saturated rings. The summed E-state index contributed by atoms with van der Waals surface area (Å²) in [6, 6.07) is 7.46. The second-order valence-electron chi connectivity index (χ2n) is 4.62. The number of rotatable bonds is 2. The average Bonchev–Trinajstić information content (AvgIpc) is 2.91. The summed E-state index contributed by atoms with van der Waals surface area (Å²) in [7, 11) is 0. The first-order valence-electron chi connectivity index (χ1n) is 6.15. The van der Waals surface area contributed by atoms with E-state index in [4.69, 9.17) is 21.1 Å². The molecule has 104 valence electrons. The van der Waals surface area contributed by atoms with Crippen LogP contribution in [0, 0.1) is 0 Å². The average molecular weight is 311 g/mol. The largest absolute Gasteiger partial charge is 0.460 e. The van der Waals surface area contributed by atoms with Crippen molar-refractivity contribution in [1.82, 2.24) is 0 Å². The molecule has 2 atom stereocenters. The molecule has 3 rings (SSSR count). The molecule has 0 N–H and O–H groups in total. The lowest BCUT2D eigenvalue weighted by Gasteiger charge is -2.06. The van der Waals surface area contributed by atoms with Crippen molar-refractivity contribution < 1.29 is 19.1 Å². The summed E-state index contributed by atoms with van der Waals surface area (Å²) in [6.07, 6.45) is -0.676. The van der Waals surface area contributed by atoms with Crippen LogP contribution < -0.4 is 0 Å². The molecule has 1 saturated heterocycles. The van der Waals surface area contributed by atoms with Crippen molar-refractivity contribution in [3.8, 4) is 0 Å². The number of cyclic esters (lactones) is 1. The fraction of sp³-hybridized carbons (Fsp3) is 0.286. The molecule has 0 saturated carbocycles. The Bertz CT molecular complexity index is 694. The van der Waals surface area contributed by atoms with Gasteiger partial charge in [0.15, 0.2) is 0 Å². The third-order valence-corrected chi connectivity index (χ3v) is 4.75. The lowest BCUT2D eigenvalue weighted by Crippen LogP contribution is -2.22. The van der Waals surface area contributed by atoms with Crippen LogP contribution in [0.5, 0.6) is 0 Å². The summed E-state index contributed by atoms with van der Waals surface area (Å²) in [5, 5.41) is 1.18. The molecular weight excluding hydrogens is 300 g/mol. The van der Waals surface area contributed by atoms with E-state index >= 15 is 0 Å². The SMILES string of the molecule is C[C@H]1C[C@H](OC(=O)c2sc3ccccc3c2Cl)C(=O)O1. The van der Waals surface area contributed by atoms with E-state index in [9.17, 15) is 9.59 Å². The van der Waals surface area contributed by atoms with Gasteiger partial charge in [-0.25, -0.2) is 9.59 Å². The third-order valence-electron chi connectivity index (χ3n) is 3.10. The van der Waals surface area contributed by atoms with Crippen LogP contribution in [0.2, 0.25) is 5.02 Å². The van der Waals surface area contributed by atoms with E-state index in [0.717, 1.165) is 10.1 Å². The Balaban J connectivity index is 1.86. The topological polar surface area (TPSA) is 52.6 Å². The molecule has 1 aromatic carbocycles. The van der Waals surface area contributed by atoms with Crippen molar-refractivity contribution in [1.29, 1.82) is 0 Å². The lowest BCUT2D eigenvalue weighted by molar-refractivity contribution is -0.147. The Morgan fingerprint density at radius 2 is 2.20 bits per heavy atom. The third kappa shape index (κ3) is 2.27. The molecule has 0 bridgehead atoms. The molecule has 20 heavy (non-hydrogen) atoms. The molecule has 0 spiro atoms. The number of fused-ring (bicyclic) bond motifs is 1. The maximum atomic E-state index is 12.1. The van der Waals surface area contributed by atoms with Crippen LogP contribution in [0.4, 0.5) is 0 Å². The van der Waals surface area contributed by atoms with Crippen LogP contribution in [-0.4, -0.2) is 24.1 Å². The molecule has 1 aliphatic rings. The van der Waals surface area contributed by atoms with Crippen molar-refractivity contribution in [2.24, 2.45) is 0 Å². The summed E-state index contributed by atoms with van der Waals surface area (Å²) >= 11 is 7.45. The van der Waals surface area contributed by atoms with E-state index in [0.29, 0.717) is 16.3 Å². The quantitative estimate of drug-likeness (QED) is 0.798. The standard InChI is InChI=1S/C14H11ClO4S/c1-7-6-9(13(16)18-7)19-14(17)12-11(15)8-4-2-3-5-10(8)20-12/h2-5,7,9H,6H2,1H3/t7-,9-/m0/s1. The van der Waals surface area contributed by atoms with Crippen LogP contribution in [0.25, 0.3) is 10.1 Å². The van der Waals surface area contributed by atoms with Gasteiger partial charge in [-0.1, -0.05) is 29.8 Å². The number of benzene rings is 1. The Hall–Kier alpha value is -1.59. The maximum Gasteiger partial charge on any atom is 0.350 e. The Labute approximate surface area is 124 Å². The number of hydrogen-bond acceptors (Lipinski definition) is 5. The van der Waals surface area contributed by atoms with E-state index in [2.05, 4.69) is 0 Å². The first-order valence-corrected chi connectivity index (χ1v) is 7.34. The van der Waals surface area contributed by atoms with Crippen LogP contribution in [-0.2, 0) is 14.3 Å². The number of esters is 2. The van der Waals surface area contributed by atoms with Crippen LogP contribution in [0.15, 0.2) is 24.3 Å². The molecule has 0 radical (unpaired) electrons. The van der Waals surface area contributed by atoms with Gasteiger partial charge in [-0.05, 0) is 13.0 Å². The first-order chi connectivity index (χ1) is 9.56. The number of thiophene rings is 1. The van der Waals surface area contributed by atoms with Crippen molar-refractivity contribution in [2.75, 3.05) is 0 Å². The van der Waals surface area contributed by atoms with E-state index < -0.39 is 18.0 Å². The monoisotopic (exact) mass is 310 g/mol. The molecule has 2 aromatic rings. The first kappa shape index (κ1) is 13.4. The molecule has 1 aliphatic heterocycles. The van der Waals surface area contributed by atoms with Gasteiger partial charge in [-0.2, -0.15) is 0 Å². The Kier molecular flexibility index (Phi) is 3.40. The highest BCUT2D eigenvalue weighted by Crippen LogP contribution is 2.36. The van der Waals surface area contributed by atoms with Crippen LogP contribution in [0.3, 0.4) is 0 Å². The van der Waals surface area contributed by atoms with Gasteiger partial charge < -0.3 is 9.47 Å². The molecular formula is C14H11ClO4S. The molecule has 2 heterocycles. The zero-order chi connectivity index (χ0) is 14.3. The summed E-state index contributed by atoms with van der Waals surface area (Å²) in [5.74, 6) is -1.07. The van der Waals surface area contributed by atoms with Gasteiger partial charge in [0, 0.05) is 16.5 Å². The zero-order valence-electron chi connectivity index (χ0n) is 10.6. The number of carbonyl (C=O) groups excluding carboxylic acids is 2. The highest BCUT2D eigenvalue weighted by molar-refractivity contribution is 7.21. The highest BCUT2D eigenvalue weighted by Gasteiger charge is 2.36. The van der Waals surface area contributed by atoms with E-state index in [-0.39, 0.29) is 6.10 Å². The highest BCUT2D eigenvalue weighted by atomic mass is 35.5. The minimum absolute atomic E-state index is 0.224. The van der Waals surface area contributed by atoms with Gasteiger partial charge in [-0.15, -0.1) is 11.3 Å². The van der Waals surface area contributed by atoms with Gasteiger partial charge in [0.2, 0.25) is 6.10 Å². The number of halogens is 1. The lowest BCUT2D eigenvalue weighted by atomic mass is 10.2. The number of hydrogen-bond donors (Lipinski definition) is 0. The molecule has 1 aromatic heterocycles. The van der Waals surface area contributed by atoms with Gasteiger partial charge in [0.25, 0.3) is 0 Å². The second kappa shape index (κ2) is 5.07. The normalized spacial score (nSPS) is 22.0. The van der Waals surface area contributed by atoms with Gasteiger partial charge in [0.05, 0.1) is 5.02 Å². The van der Waals surface area contributed by atoms with E-state index in [1.807, 2.05) is 24.3 Å². The van der Waals surface area contributed by atoms with Crippen molar-refractivity contribution in [3.63, 3.8) is 0 Å². The smallest absolute Gasteiger partial charge is 0.350 e. The number of ether oxygens (including phenoxy) is 2. The van der Waals surface area contributed by atoms with E-state index in [1.165, 1.54) is 11.3 Å². The minimum atomic E-state index is -0.834. The summed E-state index contributed by atoms with van der Waals surface area (Å²) in [6.45, 7) is 1.76. The van der Waals surface area contributed by atoms with E-state index in [1.54, 1.807) is 6.92 Å². The maximum absolute atomic E-state index is 12.1. The van der Waals surface area contributed by atoms with Crippen LogP contribution >= 0.6 is 22.9 Å². The summed E-state index contributed by atoms with van der Waals surface area (Å²) in [4.78, 5) is 23.9. The molecule has 0 amide bonds. The van der Waals surface area contributed by atoms with Crippen LogP contribution in [0.1, 0.15) is 23.0 Å². The number of carbonyl (C=O) groups is 2. The predicted octanol–water partition coefficient (Wildman–Crippen LogP) is 3.42. The fourth-order valence-corrected chi connectivity index (χ4v) is 3.54.